The Kier molecular flexibility index (Phi) is 3.39. The monoisotopic (exact) mass is 300 g/mol. The molecule has 6 heteroatoms. The Morgan fingerprint density at radius 2 is 2.05 bits per heavy atom. The van der Waals surface area contributed by atoms with Gasteiger partial charge in [-0.3, -0.25) is 4.68 Å². The van der Waals surface area contributed by atoms with Crippen LogP contribution in [0.3, 0.4) is 0 Å². The van der Waals surface area contributed by atoms with E-state index in [9.17, 15) is 0 Å². The van der Waals surface area contributed by atoms with Gasteiger partial charge in [0.05, 0.1) is 22.6 Å². The lowest BCUT2D eigenvalue weighted by Gasteiger charge is -2.08. The van der Waals surface area contributed by atoms with Crippen LogP contribution in [0, 0.1) is 6.92 Å². The van der Waals surface area contributed by atoms with Gasteiger partial charge in [-0.2, -0.15) is 5.10 Å². The maximum absolute atomic E-state index is 6.23. The molecule has 0 radical (unpaired) electrons. The Morgan fingerprint density at radius 3 is 2.71 bits per heavy atom. The number of thiazole rings is 1. The van der Waals surface area contributed by atoms with Gasteiger partial charge in [-0.05, 0) is 13.0 Å². The minimum absolute atomic E-state index is 0.612. The number of rotatable bonds is 3. The van der Waals surface area contributed by atoms with E-state index >= 15 is 0 Å². The first-order valence-electron chi connectivity index (χ1n) is 6.50. The number of para-hydroxylation sites is 1. The molecule has 0 aliphatic heterocycles. The quantitative estimate of drug-likeness (QED) is 0.807. The zero-order valence-electron chi connectivity index (χ0n) is 12.1. The largest absolute Gasteiger partial charge is 0.496 e. The zero-order chi connectivity index (χ0) is 15.0. The fourth-order valence-corrected chi connectivity index (χ4v) is 3.07. The molecule has 108 valence electrons. The molecule has 5 nitrogen and oxygen atoms in total. The fraction of sp³-hybridized carbons (Fsp3) is 0.200. The molecule has 3 aromatic rings. The van der Waals surface area contributed by atoms with Gasteiger partial charge in [-0.25, -0.2) is 4.98 Å². The van der Waals surface area contributed by atoms with E-state index in [-0.39, 0.29) is 0 Å². The molecule has 3 rings (SSSR count). The van der Waals surface area contributed by atoms with Gasteiger partial charge in [0.1, 0.15) is 17.3 Å². The van der Waals surface area contributed by atoms with Gasteiger partial charge in [0.15, 0.2) is 0 Å². The van der Waals surface area contributed by atoms with E-state index in [0.717, 1.165) is 32.5 Å². The van der Waals surface area contributed by atoms with E-state index < -0.39 is 0 Å². The number of nitrogen functional groups attached to an aromatic ring is 1. The lowest BCUT2D eigenvalue weighted by molar-refractivity contribution is 0.416. The number of benzene rings is 1. The number of aromatic nitrogens is 3. The number of nitrogens with zero attached hydrogens (tertiary/aromatic N) is 3. The molecule has 0 amide bonds. The van der Waals surface area contributed by atoms with Crippen molar-refractivity contribution in [1.29, 1.82) is 0 Å². The van der Waals surface area contributed by atoms with Crippen LogP contribution in [-0.2, 0) is 7.05 Å². The van der Waals surface area contributed by atoms with Crippen LogP contribution in [0.5, 0.6) is 5.75 Å². The molecule has 0 aliphatic rings. The molecule has 0 fully saturated rings. The highest BCUT2D eigenvalue weighted by Gasteiger charge is 2.21. The highest BCUT2D eigenvalue weighted by Crippen LogP contribution is 2.41. The van der Waals surface area contributed by atoms with Crippen molar-refractivity contribution in [3.8, 4) is 27.4 Å². The molecule has 0 bridgehead atoms. The highest BCUT2D eigenvalue weighted by atomic mass is 32.1. The second-order valence-electron chi connectivity index (χ2n) is 4.68. The van der Waals surface area contributed by atoms with Crippen LogP contribution >= 0.6 is 11.3 Å². The molecule has 2 aromatic heterocycles. The number of methoxy groups -OCH3 is 1. The van der Waals surface area contributed by atoms with E-state index in [1.807, 2.05) is 44.4 Å². The fourth-order valence-electron chi connectivity index (χ4n) is 2.30. The SMILES string of the molecule is COc1ccccc1-c1c(-c2cnc(C)s2)nn(C)c1N. The van der Waals surface area contributed by atoms with Crippen LogP contribution in [0.4, 0.5) is 5.82 Å². The lowest BCUT2D eigenvalue weighted by Crippen LogP contribution is -1.98. The number of aryl methyl sites for hydroxylation is 2. The van der Waals surface area contributed by atoms with Crippen LogP contribution in [0.15, 0.2) is 30.5 Å². The second-order valence-corrected chi connectivity index (χ2v) is 5.91. The predicted octanol–water partition coefficient (Wildman–Crippen LogP) is 3.11. The lowest BCUT2D eigenvalue weighted by atomic mass is 10.0. The maximum atomic E-state index is 6.23. The Morgan fingerprint density at radius 1 is 1.29 bits per heavy atom. The molecule has 0 saturated heterocycles. The molecule has 0 saturated carbocycles. The van der Waals surface area contributed by atoms with Crippen molar-refractivity contribution in [2.75, 3.05) is 12.8 Å². The molecule has 0 unspecified atom stereocenters. The molecular weight excluding hydrogens is 284 g/mol. The summed E-state index contributed by atoms with van der Waals surface area (Å²) < 4.78 is 7.14. The molecule has 0 spiro atoms. The third-order valence-electron chi connectivity index (χ3n) is 3.32. The van der Waals surface area contributed by atoms with E-state index in [1.54, 1.807) is 23.1 Å². The van der Waals surface area contributed by atoms with Gasteiger partial charge in [-0.1, -0.05) is 18.2 Å². The van der Waals surface area contributed by atoms with Crippen molar-refractivity contribution in [1.82, 2.24) is 14.8 Å². The summed E-state index contributed by atoms with van der Waals surface area (Å²) in [4.78, 5) is 5.31. The molecular formula is C15H16N4OS. The maximum Gasteiger partial charge on any atom is 0.130 e. The van der Waals surface area contributed by atoms with Crippen molar-refractivity contribution in [3.05, 3.63) is 35.5 Å². The van der Waals surface area contributed by atoms with Crippen LogP contribution in [-0.4, -0.2) is 21.9 Å². The van der Waals surface area contributed by atoms with Gasteiger partial charge in [0.25, 0.3) is 0 Å². The first-order valence-corrected chi connectivity index (χ1v) is 7.32. The summed E-state index contributed by atoms with van der Waals surface area (Å²) in [5, 5.41) is 5.55. The number of hydrogen-bond acceptors (Lipinski definition) is 5. The number of nitrogens with two attached hydrogens (primary N) is 1. The first-order chi connectivity index (χ1) is 10.1. The Labute approximate surface area is 127 Å². The summed E-state index contributed by atoms with van der Waals surface area (Å²) in [6.07, 6.45) is 1.83. The zero-order valence-corrected chi connectivity index (χ0v) is 12.9. The smallest absolute Gasteiger partial charge is 0.130 e. The summed E-state index contributed by atoms with van der Waals surface area (Å²) >= 11 is 1.60. The number of anilines is 1. The average molecular weight is 300 g/mol. The summed E-state index contributed by atoms with van der Waals surface area (Å²) in [5.74, 6) is 1.39. The van der Waals surface area contributed by atoms with Crippen molar-refractivity contribution in [2.24, 2.45) is 7.05 Å². The van der Waals surface area contributed by atoms with Crippen molar-refractivity contribution >= 4 is 17.2 Å². The van der Waals surface area contributed by atoms with Crippen molar-refractivity contribution < 1.29 is 4.74 Å². The standard InChI is InChI=1S/C15H16N4OS/c1-9-17-8-12(21-9)14-13(15(16)19(2)18-14)10-6-4-5-7-11(10)20-3/h4-8H,16H2,1-3H3. The predicted molar refractivity (Wildman–Crippen MR) is 85.5 cm³/mol. The molecule has 0 aliphatic carbocycles. The average Bonchev–Trinajstić information content (AvgIpc) is 3.04. The van der Waals surface area contributed by atoms with Gasteiger partial charge in [0, 0.05) is 18.8 Å². The van der Waals surface area contributed by atoms with E-state index in [0.29, 0.717) is 5.82 Å². The molecule has 21 heavy (non-hydrogen) atoms. The minimum Gasteiger partial charge on any atom is -0.496 e. The van der Waals surface area contributed by atoms with Crippen LogP contribution in [0.2, 0.25) is 0 Å². The minimum atomic E-state index is 0.612. The molecule has 2 N–H and O–H groups in total. The van der Waals surface area contributed by atoms with Crippen LogP contribution < -0.4 is 10.5 Å². The van der Waals surface area contributed by atoms with Crippen LogP contribution in [0.1, 0.15) is 5.01 Å². The Balaban J connectivity index is 2.27. The third-order valence-corrected chi connectivity index (χ3v) is 4.24. The summed E-state index contributed by atoms with van der Waals surface area (Å²) in [7, 11) is 3.49. The molecule has 2 heterocycles. The third kappa shape index (κ3) is 2.27. The Bertz CT molecular complexity index is 791. The normalized spacial score (nSPS) is 10.8. The van der Waals surface area contributed by atoms with Gasteiger partial charge >= 0.3 is 0 Å². The molecule has 0 atom stereocenters. The summed E-state index contributed by atoms with van der Waals surface area (Å²) in [5.41, 5.74) is 8.89. The van der Waals surface area contributed by atoms with Gasteiger partial charge in [0.2, 0.25) is 0 Å². The van der Waals surface area contributed by atoms with Crippen molar-refractivity contribution in [3.63, 3.8) is 0 Å². The summed E-state index contributed by atoms with van der Waals surface area (Å²) in [6, 6.07) is 7.81. The second kappa shape index (κ2) is 5.21. The number of hydrogen-bond donors (Lipinski definition) is 1. The topological polar surface area (TPSA) is 66.0 Å². The molecule has 1 aromatic carbocycles. The number of ether oxygens (including phenoxy) is 1. The highest BCUT2D eigenvalue weighted by molar-refractivity contribution is 7.15. The van der Waals surface area contributed by atoms with E-state index in [4.69, 9.17) is 10.5 Å². The summed E-state index contributed by atoms with van der Waals surface area (Å²) in [6.45, 7) is 1.98. The van der Waals surface area contributed by atoms with E-state index in [2.05, 4.69) is 10.1 Å². The first kappa shape index (κ1) is 13.6. The van der Waals surface area contributed by atoms with E-state index in [1.165, 1.54) is 0 Å². The van der Waals surface area contributed by atoms with Crippen LogP contribution in [0.25, 0.3) is 21.7 Å². The van der Waals surface area contributed by atoms with Crippen molar-refractivity contribution in [2.45, 2.75) is 6.92 Å². The Hall–Kier alpha value is -2.34. The van der Waals surface area contributed by atoms with Gasteiger partial charge < -0.3 is 10.5 Å². The van der Waals surface area contributed by atoms with Gasteiger partial charge in [-0.15, -0.1) is 11.3 Å².